The van der Waals surface area contributed by atoms with Crippen LogP contribution in [0, 0.1) is 11.8 Å². The first-order valence-electron chi connectivity index (χ1n) is 16.9. The molecule has 3 rings (SSSR count). The molecule has 1 fully saturated rings. The van der Waals surface area contributed by atoms with Crippen LogP contribution in [0.4, 0.5) is 4.79 Å². The molecular weight excluding hydrogens is 636 g/mol. The fourth-order valence-electron chi connectivity index (χ4n) is 5.84. The van der Waals surface area contributed by atoms with Gasteiger partial charge in [0, 0.05) is 31.3 Å². The zero-order valence-corrected chi connectivity index (χ0v) is 29.6. The summed E-state index contributed by atoms with van der Waals surface area (Å²) < 4.78 is 33.0. The molecule has 3 amide bonds. The number of hydrogen-bond acceptors (Lipinski definition) is 8. The predicted octanol–water partition coefficient (Wildman–Crippen LogP) is 2.96. The quantitative estimate of drug-likeness (QED) is 0.146. The van der Waals surface area contributed by atoms with E-state index in [0.717, 1.165) is 37.7 Å². The summed E-state index contributed by atoms with van der Waals surface area (Å²) in [5.74, 6) is -1.09. The summed E-state index contributed by atoms with van der Waals surface area (Å²) >= 11 is 0. The molecule has 6 N–H and O–H groups in total. The van der Waals surface area contributed by atoms with E-state index < -0.39 is 57.8 Å². The third kappa shape index (κ3) is 14.3. The fourth-order valence-corrected chi connectivity index (χ4v) is 7.26. The van der Waals surface area contributed by atoms with E-state index in [-0.39, 0.29) is 37.0 Å². The van der Waals surface area contributed by atoms with E-state index in [1.54, 1.807) is 40.8 Å². The maximum Gasteiger partial charge on any atom is 0.408 e. The lowest BCUT2D eigenvalue weighted by molar-refractivity contribution is -0.131. The highest BCUT2D eigenvalue weighted by Gasteiger charge is 2.33. The van der Waals surface area contributed by atoms with E-state index >= 15 is 0 Å². The number of hydrogen-bond donors (Lipinski definition) is 6. The summed E-state index contributed by atoms with van der Waals surface area (Å²) in [6.07, 6.45) is 6.81. The number of aliphatic hydroxyl groups excluding tert-OH is 1. The van der Waals surface area contributed by atoms with Crippen LogP contribution in [0.5, 0.6) is 0 Å². The number of carbonyl (C=O) groups excluding carboxylic acids is 3. The first kappa shape index (κ1) is 39.0. The first-order chi connectivity index (χ1) is 22.6. The number of aromatic nitrogens is 2. The average molecular weight is 691 g/mol. The van der Waals surface area contributed by atoms with Crippen LogP contribution in [0.3, 0.4) is 0 Å². The van der Waals surface area contributed by atoms with E-state index in [4.69, 9.17) is 4.74 Å². The lowest BCUT2D eigenvalue weighted by Crippen LogP contribution is -2.58. The number of carbonyl (C=O) groups is 3. The standard InChI is InChI=1S/C34H54N6O7S/c1-23(2)21-48(45,46)37-20-30(41)27(16-24-12-8-6-9-13-24)38-32(43)29(18-26-19-35-22-36-26)39-31(42)28(17-25-14-10-7-11-15-25)40-33(44)47-34(3,4)5/h7,10-11,14-15,19,22-24,27-30,37,41H,6,8-9,12-13,16-18,20-21H2,1-5H3,(H,35,36)(H,38,43)(H,39,42)(H,40,44)/t27-,28-,29-,30-/m0/s1. The molecule has 0 aliphatic heterocycles. The Balaban J connectivity index is 1.83. The van der Waals surface area contributed by atoms with Crippen molar-refractivity contribution < 1.29 is 32.6 Å². The molecule has 268 valence electrons. The molecule has 1 aromatic heterocycles. The molecule has 1 aromatic carbocycles. The van der Waals surface area contributed by atoms with Crippen molar-refractivity contribution in [3.8, 4) is 0 Å². The molecular formula is C34H54N6O7S. The van der Waals surface area contributed by atoms with Crippen molar-refractivity contribution in [2.45, 2.75) is 116 Å². The molecule has 0 radical (unpaired) electrons. The van der Waals surface area contributed by atoms with E-state index in [9.17, 15) is 27.9 Å². The molecule has 4 atom stereocenters. The highest BCUT2D eigenvalue weighted by molar-refractivity contribution is 7.89. The van der Waals surface area contributed by atoms with Crippen LogP contribution in [0.25, 0.3) is 0 Å². The number of ether oxygens (including phenoxy) is 1. The van der Waals surface area contributed by atoms with Crippen molar-refractivity contribution in [2.24, 2.45) is 11.8 Å². The van der Waals surface area contributed by atoms with Crippen molar-refractivity contribution in [3.63, 3.8) is 0 Å². The third-order valence-electron chi connectivity index (χ3n) is 8.07. The van der Waals surface area contributed by atoms with Gasteiger partial charge in [0.15, 0.2) is 0 Å². The van der Waals surface area contributed by atoms with E-state index in [2.05, 4.69) is 30.6 Å². The molecule has 48 heavy (non-hydrogen) atoms. The molecule has 0 bridgehead atoms. The molecule has 13 nitrogen and oxygen atoms in total. The number of rotatable bonds is 17. The fraction of sp³-hybridized carbons (Fsp3) is 0.647. The van der Waals surface area contributed by atoms with Crippen LogP contribution in [-0.2, 0) is 37.2 Å². The van der Waals surface area contributed by atoms with Gasteiger partial charge in [0.05, 0.1) is 24.2 Å². The minimum Gasteiger partial charge on any atom is -0.444 e. The number of aromatic amines is 1. The lowest BCUT2D eigenvalue weighted by Gasteiger charge is -2.32. The number of nitrogens with zero attached hydrogens (tertiary/aromatic N) is 1. The van der Waals surface area contributed by atoms with Gasteiger partial charge in [0.1, 0.15) is 17.7 Å². The van der Waals surface area contributed by atoms with E-state index in [0.29, 0.717) is 12.1 Å². The van der Waals surface area contributed by atoms with E-state index in [1.807, 2.05) is 30.3 Å². The molecule has 0 saturated heterocycles. The maximum atomic E-state index is 14.0. The van der Waals surface area contributed by atoms with Crippen molar-refractivity contribution >= 4 is 27.9 Å². The van der Waals surface area contributed by atoms with Crippen LogP contribution in [0.15, 0.2) is 42.9 Å². The highest BCUT2D eigenvalue weighted by atomic mass is 32.2. The summed E-state index contributed by atoms with van der Waals surface area (Å²) in [7, 11) is -3.63. The summed E-state index contributed by atoms with van der Waals surface area (Å²) in [6.45, 7) is 8.49. The largest absolute Gasteiger partial charge is 0.444 e. The van der Waals surface area contributed by atoms with Gasteiger partial charge in [-0.3, -0.25) is 9.59 Å². The van der Waals surface area contributed by atoms with E-state index in [1.165, 1.54) is 6.33 Å². The number of amides is 3. The predicted molar refractivity (Wildman–Crippen MR) is 183 cm³/mol. The second-order valence-corrected chi connectivity index (χ2v) is 16.0. The molecule has 1 saturated carbocycles. The summed E-state index contributed by atoms with van der Waals surface area (Å²) in [5.41, 5.74) is 0.581. The second kappa shape index (κ2) is 18.3. The Labute approximate surface area is 284 Å². The Morgan fingerprint density at radius 1 is 0.979 bits per heavy atom. The number of alkyl carbamates (subject to hydrolysis) is 1. The zero-order valence-electron chi connectivity index (χ0n) is 28.8. The molecule has 0 spiro atoms. The van der Waals surface area contributed by atoms with Crippen molar-refractivity contribution in [1.82, 2.24) is 30.6 Å². The zero-order chi connectivity index (χ0) is 35.3. The molecule has 2 aromatic rings. The maximum absolute atomic E-state index is 14.0. The van der Waals surface area contributed by atoms with Crippen LogP contribution in [0.2, 0.25) is 0 Å². The van der Waals surface area contributed by atoms with Crippen molar-refractivity contribution in [1.29, 1.82) is 0 Å². The van der Waals surface area contributed by atoms with Gasteiger partial charge in [-0.25, -0.2) is 22.9 Å². The van der Waals surface area contributed by atoms with Crippen LogP contribution < -0.4 is 20.7 Å². The number of imidazole rings is 1. The normalized spacial score (nSPS) is 16.8. The molecule has 14 heteroatoms. The first-order valence-corrected chi connectivity index (χ1v) is 18.5. The Kier molecular flexibility index (Phi) is 14.9. The van der Waals surface area contributed by atoms with Gasteiger partial charge in [-0.1, -0.05) is 76.3 Å². The van der Waals surface area contributed by atoms with Gasteiger partial charge in [-0.2, -0.15) is 0 Å². The topological polar surface area (TPSA) is 192 Å². The summed E-state index contributed by atoms with van der Waals surface area (Å²) in [6, 6.07) is 6.20. The van der Waals surface area contributed by atoms with Crippen LogP contribution >= 0.6 is 0 Å². The minimum absolute atomic E-state index is 0.0509. The van der Waals surface area contributed by atoms with Gasteiger partial charge >= 0.3 is 6.09 Å². The average Bonchev–Trinajstić information content (AvgIpc) is 3.51. The third-order valence-corrected chi connectivity index (χ3v) is 9.78. The Hall–Kier alpha value is -3.49. The summed E-state index contributed by atoms with van der Waals surface area (Å²) in [4.78, 5) is 47.5. The van der Waals surface area contributed by atoms with Gasteiger partial charge in [-0.05, 0) is 44.6 Å². The van der Waals surface area contributed by atoms with Crippen molar-refractivity contribution in [2.75, 3.05) is 12.3 Å². The van der Waals surface area contributed by atoms with Gasteiger partial charge in [-0.15, -0.1) is 0 Å². The van der Waals surface area contributed by atoms with Crippen LogP contribution in [-0.4, -0.2) is 83.5 Å². The Morgan fingerprint density at radius 3 is 2.23 bits per heavy atom. The minimum atomic E-state index is -3.63. The molecule has 0 unspecified atom stereocenters. The van der Waals surface area contributed by atoms with Crippen LogP contribution in [0.1, 0.15) is 84.4 Å². The number of benzene rings is 1. The number of H-pyrrole nitrogens is 1. The highest BCUT2D eigenvalue weighted by Crippen LogP contribution is 2.28. The van der Waals surface area contributed by atoms with Gasteiger partial charge < -0.3 is 30.8 Å². The molecule has 1 heterocycles. The number of nitrogens with one attached hydrogen (secondary N) is 5. The second-order valence-electron chi connectivity index (χ2n) is 14.2. The van der Waals surface area contributed by atoms with Gasteiger partial charge in [0.25, 0.3) is 0 Å². The lowest BCUT2D eigenvalue weighted by atomic mass is 9.83. The smallest absolute Gasteiger partial charge is 0.408 e. The monoisotopic (exact) mass is 690 g/mol. The number of aliphatic hydroxyl groups is 1. The SMILES string of the molecule is CC(C)CS(=O)(=O)NC[C@H](O)[C@H](CC1CCCCC1)NC(=O)[C@H](Cc1cnc[nH]1)NC(=O)[C@H](Cc1ccccc1)NC(=O)OC(C)(C)C. The molecule has 1 aliphatic carbocycles. The Bertz CT molecular complexity index is 1390. The Morgan fingerprint density at radius 2 is 1.62 bits per heavy atom. The number of sulfonamides is 1. The molecule has 1 aliphatic rings. The van der Waals surface area contributed by atoms with Gasteiger partial charge in [0.2, 0.25) is 21.8 Å². The summed E-state index contributed by atoms with van der Waals surface area (Å²) in [5, 5.41) is 19.6. The van der Waals surface area contributed by atoms with Crippen molar-refractivity contribution in [3.05, 3.63) is 54.1 Å².